The number of hydrogen-bond acceptors (Lipinski definition) is 5. The predicted octanol–water partition coefficient (Wildman–Crippen LogP) is 3.41. The highest BCUT2D eigenvalue weighted by Crippen LogP contribution is 2.26. The highest BCUT2D eigenvalue weighted by Gasteiger charge is 2.16. The van der Waals surface area contributed by atoms with Crippen molar-refractivity contribution in [1.82, 2.24) is 35.7 Å². The number of amides is 1. The zero-order valence-corrected chi connectivity index (χ0v) is 17.1. The van der Waals surface area contributed by atoms with E-state index in [9.17, 15) is 4.79 Å². The summed E-state index contributed by atoms with van der Waals surface area (Å²) in [7, 11) is 0. The lowest BCUT2D eigenvalue weighted by Gasteiger charge is -2.12. The molecule has 0 bridgehead atoms. The van der Waals surface area contributed by atoms with E-state index in [1.165, 1.54) is 5.56 Å². The monoisotopic (exact) mass is 401 g/mol. The topological polar surface area (TPSA) is 101 Å². The molecule has 8 heteroatoms. The summed E-state index contributed by atoms with van der Waals surface area (Å²) in [5, 5.41) is 21.8. The highest BCUT2D eigenvalue weighted by molar-refractivity contribution is 5.96. The summed E-state index contributed by atoms with van der Waals surface area (Å²) in [6.45, 7) is 6.48. The van der Waals surface area contributed by atoms with E-state index in [1.807, 2.05) is 57.2 Å². The Balaban J connectivity index is 1.74. The Labute approximate surface area is 174 Å². The number of aromatic nitrogens is 6. The molecule has 2 aromatic carbocycles. The molecular weight excluding hydrogens is 378 g/mol. The third-order valence-electron chi connectivity index (χ3n) is 4.82. The number of H-pyrrole nitrogens is 1. The summed E-state index contributed by atoms with van der Waals surface area (Å²) in [6.07, 6.45) is 1.66. The van der Waals surface area contributed by atoms with E-state index in [2.05, 4.69) is 43.2 Å². The van der Waals surface area contributed by atoms with E-state index in [-0.39, 0.29) is 11.8 Å². The van der Waals surface area contributed by atoms with E-state index in [4.69, 9.17) is 0 Å². The van der Waals surface area contributed by atoms with E-state index in [0.29, 0.717) is 12.1 Å². The van der Waals surface area contributed by atoms with Gasteiger partial charge in [0.2, 0.25) is 0 Å². The first-order valence-electron chi connectivity index (χ1n) is 9.78. The fourth-order valence-electron chi connectivity index (χ4n) is 3.18. The minimum atomic E-state index is -0.181. The molecule has 4 rings (SSSR count). The number of tetrazole rings is 1. The van der Waals surface area contributed by atoms with Gasteiger partial charge in [-0.15, -0.1) is 5.10 Å². The number of nitrogens with one attached hydrogen (secondary N) is 2. The molecule has 0 fully saturated rings. The molecule has 30 heavy (non-hydrogen) atoms. The van der Waals surface area contributed by atoms with Gasteiger partial charge in [0.1, 0.15) is 0 Å². The van der Waals surface area contributed by atoms with Crippen LogP contribution in [0.25, 0.3) is 16.8 Å². The third kappa shape index (κ3) is 4.12. The van der Waals surface area contributed by atoms with Crippen molar-refractivity contribution in [3.8, 4) is 16.8 Å². The third-order valence-corrected chi connectivity index (χ3v) is 4.82. The lowest BCUT2D eigenvalue weighted by molar-refractivity contribution is 0.0950. The maximum absolute atomic E-state index is 12.9. The Morgan fingerprint density at radius 1 is 1.10 bits per heavy atom. The average molecular weight is 401 g/mol. The Morgan fingerprint density at radius 2 is 1.90 bits per heavy atom. The van der Waals surface area contributed by atoms with E-state index < -0.39 is 0 Å². The van der Waals surface area contributed by atoms with Crippen LogP contribution in [0.1, 0.15) is 47.2 Å². The molecule has 0 unspecified atom stereocenters. The van der Waals surface area contributed by atoms with E-state index in [0.717, 1.165) is 28.3 Å². The first-order chi connectivity index (χ1) is 14.5. The summed E-state index contributed by atoms with van der Waals surface area (Å²) in [6, 6.07) is 15.7. The number of hydrogen-bond donors (Lipinski definition) is 2. The van der Waals surface area contributed by atoms with Crippen LogP contribution < -0.4 is 5.32 Å². The molecule has 0 aliphatic carbocycles. The molecule has 0 aliphatic heterocycles. The van der Waals surface area contributed by atoms with E-state index >= 15 is 0 Å². The smallest absolute Gasteiger partial charge is 0.251 e. The standard InChI is InChI=1S/C22H23N7O/c1-14(2)21-26-27-28-29(21)20-11-17(16-6-4-15(3)5-7-16)10-18(12-20)22(30)23-13-19-8-9-24-25-19/h4-12,14H,13H2,1-3H3,(H,23,30)(H,24,25). The molecular formula is C22H23N7O. The van der Waals surface area contributed by atoms with Crippen LogP contribution in [0.5, 0.6) is 0 Å². The number of benzene rings is 2. The fourth-order valence-corrected chi connectivity index (χ4v) is 3.18. The molecule has 1 amide bonds. The van der Waals surface area contributed by atoms with Crippen LogP contribution in [0.2, 0.25) is 0 Å². The maximum atomic E-state index is 12.9. The molecule has 2 aromatic heterocycles. The lowest BCUT2D eigenvalue weighted by atomic mass is 10.0. The van der Waals surface area contributed by atoms with Crippen molar-refractivity contribution in [3.63, 3.8) is 0 Å². The second-order valence-electron chi connectivity index (χ2n) is 7.50. The van der Waals surface area contributed by atoms with Gasteiger partial charge in [0.05, 0.1) is 17.9 Å². The second kappa shape index (κ2) is 8.28. The van der Waals surface area contributed by atoms with Gasteiger partial charge in [0.15, 0.2) is 5.82 Å². The zero-order chi connectivity index (χ0) is 21.1. The first kappa shape index (κ1) is 19.5. The van der Waals surface area contributed by atoms with Crippen LogP contribution in [0, 0.1) is 6.92 Å². The summed E-state index contributed by atoms with van der Waals surface area (Å²) in [4.78, 5) is 12.9. The number of aromatic amines is 1. The first-order valence-corrected chi connectivity index (χ1v) is 9.78. The van der Waals surface area contributed by atoms with Gasteiger partial charge < -0.3 is 5.32 Å². The van der Waals surface area contributed by atoms with Crippen LogP contribution in [0.4, 0.5) is 0 Å². The second-order valence-corrected chi connectivity index (χ2v) is 7.50. The van der Waals surface area contributed by atoms with Gasteiger partial charge in [0.25, 0.3) is 5.91 Å². The molecule has 8 nitrogen and oxygen atoms in total. The molecule has 0 saturated heterocycles. The number of rotatable bonds is 6. The number of nitrogens with zero attached hydrogens (tertiary/aromatic N) is 5. The fraction of sp³-hybridized carbons (Fsp3) is 0.227. The van der Waals surface area contributed by atoms with Crippen molar-refractivity contribution in [1.29, 1.82) is 0 Å². The van der Waals surface area contributed by atoms with Gasteiger partial charge >= 0.3 is 0 Å². The van der Waals surface area contributed by atoms with Gasteiger partial charge in [-0.05, 0) is 52.7 Å². The number of aryl methyl sites for hydroxylation is 1. The molecule has 0 spiro atoms. The molecule has 0 atom stereocenters. The average Bonchev–Trinajstić information content (AvgIpc) is 3.44. The van der Waals surface area contributed by atoms with Crippen LogP contribution in [-0.2, 0) is 6.54 Å². The normalized spacial score (nSPS) is 11.1. The Hall–Kier alpha value is -3.81. The van der Waals surface area contributed by atoms with Gasteiger partial charge in [-0.3, -0.25) is 9.89 Å². The molecule has 0 radical (unpaired) electrons. The summed E-state index contributed by atoms with van der Waals surface area (Å²) in [5.41, 5.74) is 5.23. The zero-order valence-electron chi connectivity index (χ0n) is 17.1. The minimum Gasteiger partial charge on any atom is -0.346 e. The van der Waals surface area contributed by atoms with Crippen LogP contribution >= 0.6 is 0 Å². The molecule has 4 aromatic rings. The SMILES string of the molecule is Cc1ccc(-c2cc(C(=O)NCc3ccn[nH]3)cc(-n3nnnc3C(C)C)c2)cc1. The quantitative estimate of drug-likeness (QED) is 0.515. The summed E-state index contributed by atoms with van der Waals surface area (Å²) in [5.74, 6) is 0.694. The van der Waals surface area contributed by atoms with Crippen LogP contribution in [-0.4, -0.2) is 36.3 Å². The van der Waals surface area contributed by atoms with E-state index in [1.54, 1.807) is 10.9 Å². The summed E-state index contributed by atoms with van der Waals surface area (Å²) >= 11 is 0. The highest BCUT2D eigenvalue weighted by atomic mass is 16.1. The van der Waals surface area contributed by atoms with Crippen LogP contribution in [0.3, 0.4) is 0 Å². The minimum absolute atomic E-state index is 0.140. The Kier molecular flexibility index (Phi) is 5.38. The van der Waals surface area contributed by atoms with Gasteiger partial charge in [0, 0.05) is 17.7 Å². The van der Waals surface area contributed by atoms with Gasteiger partial charge in [-0.2, -0.15) is 9.78 Å². The summed E-state index contributed by atoms with van der Waals surface area (Å²) < 4.78 is 1.69. The van der Waals surface area contributed by atoms with Crippen molar-refractivity contribution >= 4 is 5.91 Å². The Bertz CT molecular complexity index is 1140. The van der Waals surface area contributed by atoms with Gasteiger partial charge in [-0.25, -0.2) is 0 Å². The molecule has 2 N–H and O–H groups in total. The molecule has 0 aliphatic rings. The van der Waals surface area contributed by atoms with Crippen molar-refractivity contribution in [2.45, 2.75) is 33.2 Å². The number of carbonyl (C=O) groups excluding carboxylic acids is 1. The maximum Gasteiger partial charge on any atom is 0.251 e. The molecule has 2 heterocycles. The largest absolute Gasteiger partial charge is 0.346 e. The molecule has 0 saturated carbocycles. The van der Waals surface area contributed by atoms with Crippen molar-refractivity contribution in [3.05, 3.63) is 77.4 Å². The van der Waals surface area contributed by atoms with Crippen LogP contribution in [0.15, 0.2) is 54.7 Å². The number of carbonyl (C=O) groups is 1. The molecule has 152 valence electrons. The van der Waals surface area contributed by atoms with Crippen molar-refractivity contribution < 1.29 is 4.79 Å². The predicted molar refractivity (Wildman–Crippen MR) is 113 cm³/mol. The van der Waals surface area contributed by atoms with Crippen molar-refractivity contribution in [2.75, 3.05) is 0 Å². The van der Waals surface area contributed by atoms with Crippen molar-refractivity contribution in [2.24, 2.45) is 0 Å². The Morgan fingerprint density at radius 3 is 2.60 bits per heavy atom. The van der Waals surface area contributed by atoms with Gasteiger partial charge in [-0.1, -0.05) is 43.7 Å². The lowest BCUT2D eigenvalue weighted by Crippen LogP contribution is -2.23.